The van der Waals surface area contributed by atoms with Crippen LogP contribution in [0.15, 0.2) is 104 Å². The van der Waals surface area contributed by atoms with Gasteiger partial charge in [0.2, 0.25) is 0 Å². The number of rotatable bonds is 17. The summed E-state index contributed by atoms with van der Waals surface area (Å²) in [6, 6.07) is 14.4. The van der Waals surface area contributed by atoms with Crippen LogP contribution in [0.5, 0.6) is 0 Å². The van der Waals surface area contributed by atoms with E-state index in [1.807, 2.05) is 36.4 Å². The maximum Gasteiger partial charge on any atom is 0.127 e. The molecule has 5 fully saturated rings. The fourth-order valence-corrected chi connectivity index (χ4v) is 10.9. The molecule has 3 saturated carbocycles. The summed E-state index contributed by atoms with van der Waals surface area (Å²) in [5.74, 6) is 3.80. The number of ether oxygens (including phenoxy) is 5. The maximum atomic E-state index is 13.9. The van der Waals surface area contributed by atoms with Gasteiger partial charge in [-0.05, 0) is 123 Å². The summed E-state index contributed by atoms with van der Waals surface area (Å²) in [4.78, 5) is 14.9. The molecular weight excluding hydrogens is 877 g/mol. The second-order valence-electron chi connectivity index (χ2n) is 19.5. The number of aliphatic hydroxyl groups is 1. The number of oxime groups is 1. The Morgan fingerprint density at radius 2 is 1.12 bits per heavy atom. The molecular formula is C58H89F2NO8. The van der Waals surface area contributed by atoms with Crippen LogP contribution in [0.2, 0.25) is 0 Å². The zero-order chi connectivity index (χ0) is 50.0. The number of halogens is 2. The fourth-order valence-electron chi connectivity index (χ4n) is 10.9. The molecule has 9 nitrogen and oxygen atoms in total. The third-order valence-corrected chi connectivity index (χ3v) is 14.2. The molecule has 3 heterocycles. The number of methoxy groups -OCH3 is 3. The zero-order valence-corrected chi connectivity index (χ0v) is 42.3. The highest BCUT2D eigenvalue weighted by atomic mass is 19.1. The molecule has 0 bridgehead atoms. The Bertz CT molecular complexity index is 1700. The first-order valence-corrected chi connectivity index (χ1v) is 24.8. The maximum absolute atomic E-state index is 13.9. The van der Waals surface area contributed by atoms with E-state index in [2.05, 4.69) is 52.2 Å². The Hall–Kier alpha value is -3.84. The Labute approximate surface area is 415 Å². The van der Waals surface area contributed by atoms with E-state index in [0.29, 0.717) is 55.6 Å². The van der Waals surface area contributed by atoms with E-state index in [1.165, 1.54) is 31.4 Å². The van der Waals surface area contributed by atoms with Gasteiger partial charge in [0.05, 0.1) is 50.5 Å². The summed E-state index contributed by atoms with van der Waals surface area (Å²) in [6.45, 7) is 25.2. The van der Waals surface area contributed by atoms with E-state index in [4.69, 9.17) is 33.6 Å². The second kappa shape index (κ2) is 32.9. The summed E-state index contributed by atoms with van der Waals surface area (Å²) in [5.41, 5.74) is 2.99. The molecule has 6 aliphatic rings. The minimum Gasteiger partial charge on any atom is -0.396 e. The van der Waals surface area contributed by atoms with Crippen molar-refractivity contribution >= 4 is 12.0 Å². The molecule has 4 unspecified atom stereocenters. The van der Waals surface area contributed by atoms with Crippen LogP contribution in [0.4, 0.5) is 8.78 Å². The van der Waals surface area contributed by atoms with E-state index in [9.17, 15) is 13.6 Å². The first kappa shape index (κ1) is 61.3. The monoisotopic (exact) mass is 966 g/mol. The standard InChI is InChI=1S/2C14H17FO.C8H14O.C7H11NO.C7H14O2.C7H12O2.CH4/c2*1-10-6-11-8-16-9-14(11,7-10)12-4-2-3-5-13(12)15;1-4-6-8(9-3)7-5-2;1-5-2-6-4-9-8-7(6)3-5;2*1-3-4-7(9-2)5-6-8;/h2*2-5,10-11H,6-9H2,1H3;4-5,8H,1-2,6-7H2,3H3;5-6H,2-4H2,1H3;3,7-8H,1,4-6H2,2H3;3,6-7H,1,4-5H2,2H3;1H4/t10-,11+,14+;10-,11-,14-;;;;;/m10...../s1. The molecule has 0 amide bonds. The summed E-state index contributed by atoms with van der Waals surface area (Å²) in [7, 11) is 4.94. The Kier molecular flexibility index (Phi) is 29.2. The van der Waals surface area contributed by atoms with Gasteiger partial charge in [-0.3, -0.25) is 0 Å². The van der Waals surface area contributed by atoms with Gasteiger partial charge in [-0.25, -0.2) is 8.78 Å². The van der Waals surface area contributed by atoms with E-state index in [-0.39, 0.29) is 54.8 Å². The highest BCUT2D eigenvalue weighted by Gasteiger charge is 2.53. The fraction of sp³-hybridized carbons (Fsp3) is 0.621. The molecule has 10 atom stereocenters. The number of aldehydes is 1. The highest BCUT2D eigenvalue weighted by molar-refractivity contribution is 5.89. The number of aliphatic hydroxyl groups excluding tert-OH is 1. The van der Waals surface area contributed by atoms with Crippen LogP contribution in [-0.2, 0) is 44.1 Å². The first-order valence-electron chi connectivity index (χ1n) is 24.8. The van der Waals surface area contributed by atoms with Crippen molar-refractivity contribution in [1.82, 2.24) is 0 Å². The molecule has 2 aromatic carbocycles. The summed E-state index contributed by atoms with van der Waals surface area (Å²) in [6.07, 6.45) is 20.0. The second-order valence-corrected chi connectivity index (χ2v) is 19.5. The molecule has 3 aliphatic carbocycles. The van der Waals surface area contributed by atoms with Crippen LogP contribution in [0.25, 0.3) is 0 Å². The molecule has 0 spiro atoms. The summed E-state index contributed by atoms with van der Waals surface area (Å²) >= 11 is 0. The average Bonchev–Trinajstić information content (AvgIpc) is 4.19. The van der Waals surface area contributed by atoms with E-state index >= 15 is 0 Å². The molecule has 388 valence electrons. The number of hydrogen-bond donors (Lipinski definition) is 1. The van der Waals surface area contributed by atoms with E-state index in [1.54, 1.807) is 57.7 Å². The van der Waals surface area contributed by atoms with Gasteiger partial charge in [-0.15, -0.1) is 26.3 Å². The van der Waals surface area contributed by atoms with Crippen molar-refractivity contribution in [2.24, 2.45) is 40.7 Å². The summed E-state index contributed by atoms with van der Waals surface area (Å²) in [5, 5.41) is 12.4. The topological polar surface area (TPSA) is 105 Å². The van der Waals surface area contributed by atoms with Gasteiger partial charge >= 0.3 is 0 Å². The molecule has 8 rings (SSSR count). The molecule has 2 saturated heterocycles. The Morgan fingerprint density at radius 1 is 0.681 bits per heavy atom. The van der Waals surface area contributed by atoms with Crippen LogP contribution < -0.4 is 0 Å². The SMILES string of the molecule is C.C=CCC(CC=C)OC.C=CCC(CC=O)OC.C=CCC(CCO)OC.CC1CC2=NOCC2C1.C[C@@H]1C[C@H]2COC[C@@]2(c2ccccc2F)C1.C[C@H]1C[C@H]2COC[C@@]2(c2ccccc2F)C1. The van der Waals surface area contributed by atoms with E-state index in [0.717, 1.165) is 81.7 Å². The van der Waals surface area contributed by atoms with Gasteiger partial charge in [0.25, 0.3) is 0 Å². The van der Waals surface area contributed by atoms with Crippen molar-refractivity contribution in [3.05, 3.63) is 122 Å². The number of nitrogens with zero attached hydrogens (tertiary/aromatic N) is 1. The van der Waals surface area contributed by atoms with Gasteiger partial charge in [0.1, 0.15) is 24.5 Å². The minimum atomic E-state index is -0.0629. The number of hydrogen-bond acceptors (Lipinski definition) is 9. The lowest BCUT2D eigenvalue weighted by molar-refractivity contribution is -0.109. The zero-order valence-electron chi connectivity index (χ0n) is 42.3. The van der Waals surface area contributed by atoms with Gasteiger partial charge in [-0.1, -0.05) is 94.1 Å². The highest BCUT2D eigenvalue weighted by Crippen LogP contribution is 2.53. The first-order chi connectivity index (χ1) is 32.8. The van der Waals surface area contributed by atoms with Gasteiger partial charge in [-0.2, -0.15) is 0 Å². The van der Waals surface area contributed by atoms with Crippen molar-refractivity contribution in [3.8, 4) is 0 Å². The van der Waals surface area contributed by atoms with Crippen LogP contribution in [0.3, 0.4) is 0 Å². The lowest BCUT2D eigenvalue weighted by atomic mass is 9.74. The van der Waals surface area contributed by atoms with Gasteiger partial charge < -0.3 is 38.4 Å². The number of fused-ring (bicyclic) bond motifs is 3. The molecule has 0 radical (unpaired) electrons. The number of benzene rings is 2. The lowest BCUT2D eigenvalue weighted by Crippen LogP contribution is -2.30. The molecule has 2 aromatic rings. The van der Waals surface area contributed by atoms with E-state index < -0.39 is 0 Å². The third-order valence-electron chi connectivity index (χ3n) is 14.2. The summed E-state index contributed by atoms with van der Waals surface area (Å²) < 4.78 is 54.1. The van der Waals surface area contributed by atoms with Crippen molar-refractivity contribution < 1.29 is 47.2 Å². The van der Waals surface area contributed by atoms with Crippen molar-refractivity contribution in [2.75, 3.05) is 61.0 Å². The quantitative estimate of drug-likeness (QED) is 0.123. The normalized spacial score (nSPS) is 27.2. The number of carbonyl (C=O) groups excluding carboxylic acids is 1. The average molecular weight is 966 g/mol. The van der Waals surface area contributed by atoms with Crippen molar-refractivity contribution in [3.63, 3.8) is 0 Å². The van der Waals surface area contributed by atoms with Crippen LogP contribution in [0, 0.1) is 47.1 Å². The third kappa shape index (κ3) is 18.4. The predicted molar refractivity (Wildman–Crippen MR) is 278 cm³/mol. The van der Waals surface area contributed by atoms with Crippen molar-refractivity contribution in [1.29, 1.82) is 0 Å². The Morgan fingerprint density at radius 3 is 1.51 bits per heavy atom. The lowest BCUT2D eigenvalue weighted by Gasteiger charge is -2.28. The Balaban J connectivity index is 0.000000291. The van der Waals surface area contributed by atoms with Gasteiger partial charge in [0, 0.05) is 51.1 Å². The van der Waals surface area contributed by atoms with Gasteiger partial charge in [0.15, 0.2) is 0 Å². The van der Waals surface area contributed by atoms with Crippen molar-refractivity contribution in [2.45, 2.75) is 134 Å². The molecule has 69 heavy (non-hydrogen) atoms. The van der Waals surface area contributed by atoms with Crippen LogP contribution in [-0.4, -0.2) is 96.4 Å². The molecule has 0 aromatic heterocycles. The molecule has 1 N–H and O–H groups in total. The smallest absolute Gasteiger partial charge is 0.127 e. The predicted octanol–water partition coefficient (Wildman–Crippen LogP) is 12.6. The molecule has 11 heteroatoms. The largest absolute Gasteiger partial charge is 0.396 e. The van der Waals surface area contributed by atoms with Crippen LogP contribution in [0.1, 0.15) is 116 Å². The number of carbonyl (C=O) groups is 1. The van der Waals surface area contributed by atoms with Crippen LogP contribution >= 0.6 is 0 Å². The molecule has 3 aliphatic heterocycles. The minimum absolute atomic E-state index is 0.